The van der Waals surface area contributed by atoms with Crippen molar-refractivity contribution in [3.8, 4) is 0 Å². The summed E-state index contributed by atoms with van der Waals surface area (Å²) >= 11 is 0. The molecule has 10 heteroatoms. The minimum Gasteiger partial charge on any atom is -0.452 e. The molecule has 0 aromatic heterocycles. The maximum atomic E-state index is 13.0. The predicted molar refractivity (Wildman–Crippen MR) is 99.4 cm³/mol. The highest BCUT2D eigenvalue weighted by molar-refractivity contribution is 5.92. The van der Waals surface area contributed by atoms with Crippen molar-refractivity contribution < 1.29 is 37.4 Å². The van der Waals surface area contributed by atoms with Crippen LogP contribution in [0.4, 0.5) is 8.78 Å². The lowest BCUT2D eigenvalue weighted by Crippen LogP contribution is -2.38. The highest BCUT2D eigenvalue weighted by Crippen LogP contribution is 2.06. The topological polar surface area (TPSA) is 111 Å². The van der Waals surface area contributed by atoms with E-state index in [1.807, 2.05) is 0 Å². The Morgan fingerprint density at radius 3 is 1.47 bits per heavy atom. The van der Waals surface area contributed by atoms with E-state index >= 15 is 0 Å². The van der Waals surface area contributed by atoms with Gasteiger partial charge in [0.2, 0.25) is 0 Å². The number of amides is 2. The van der Waals surface area contributed by atoms with E-state index in [9.17, 15) is 28.0 Å². The van der Waals surface area contributed by atoms with E-state index < -0.39 is 48.6 Å². The van der Waals surface area contributed by atoms with Gasteiger partial charge in [0.15, 0.2) is 13.2 Å². The Morgan fingerprint density at radius 2 is 1.10 bits per heavy atom. The van der Waals surface area contributed by atoms with Crippen LogP contribution in [0.25, 0.3) is 0 Å². The molecule has 0 radical (unpaired) electrons. The number of carbonyl (C=O) groups is 4. The molecule has 30 heavy (non-hydrogen) atoms. The first-order valence-corrected chi connectivity index (χ1v) is 8.74. The Kier molecular flexibility index (Phi) is 8.42. The highest BCUT2D eigenvalue weighted by atomic mass is 19.1. The Balaban J connectivity index is 1.59. The summed E-state index contributed by atoms with van der Waals surface area (Å²) in [4.78, 5) is 46.6. The van der Waals surface area contributed by atoms with Gasteiger partial charge < -0.3 is 20.1 Å². The average Bonchev–Trinajstić information content (AvgIpc) is 2.73. The summed E-state index contributed by atoms with van der Waals surface area (Å²) in [6, 6.07) is 9.67. The molecular weight excluding hydrogens is 402 g/mol. The van der Waals surface area contributed by atoms with Crippen molar-refractivity contribution >= 4 is 23.8 Å². The molecule has 2 N–H and O–H groups in total. The molecule has 0 aliphatic rings. The largest absolute Gasteiger partial charge is 0.452 e. The number of benzene rings is 2. The van der Waals surface area contributed by atoms with Crippen molar-refractivity contribution in [2.24, 2.45) is 0 Å². The minimum absolute atomic E-state index is 0.0251. The maximum Gasteiger partial charge on any atom is 0.338 e. The average molecular weight is 420 g/mol. The summed E-state index contributed by atoms with van der Waals surface area (Å²) < 4.78 is 35.6. The van der Waals surface area contributed by atoms with Crippen LogP contribution in [0.5, 0.6) is 0 Å². The quantitative estimate of drug-likeness (QED) is 0.466. The summed E-state index contributed by atoms with van der Waals surface area (Å²) in [5.74, 6) is -4.15. The van der Waals surface area contributed by atoms with Crippen molar-refractivity contribution in [3.05, 3.63) is 71.3 Å². The van der Waals surface area contributed by atoms with Gasteiger partial charge in [-0.3, -0.25) is 9.59 Å². The number of ether oxygens (including phenoxy) is 2. The first-order valence-electron chi connectivity index (χ1n) is 8.74. The van der Waals surface area contributed by atoms with E-state index in [1.54, 1.807) is 0 Å². The molecule has 0 aliphatic carbocycles. The van der Waals surface area contributed by atoms with Gasteiger partial charge in [0, 0.05) is 13.1 Å². The predicted octanol–water partition coefficient (Wildman–Crippen LogP) is 1.21. The summed E-state index contributed by atoms with van der Waals surface area (Å²) in [6.45, 7) is -1.09. The molecule has 0 spiro atoms. The van der Waals surface area contributed by atoms with Gasteiger partial charge >= 0.3 is 11.9 Å². The zero-order valence-corrected chi connectivity index (χ0v) is 15.7. The number of esters is 2. The molecule has 2 aromatic rings. The molecule has 0 heterocycles. The van der Waals surface area contributed by atoms with Crippen molar-refractivity contribution in [2.75, 3.05) is 26.3 Å². The van der Waals surface area contributed by atoms with Gasteiger partial charge in [-0.05, 0) is 36.4 Å². The van der Waals surface area contributed by atoms with Crippen molar-refractivity contribution in [3.63, 3.8) is 0 Å². The molecular formula is C20H18F2N2O6. The fourth-order valence-corrected chi connectivity index (χ4v) is 2.17. The standard InChI is InChI=1S/C20H18F2N2O6/c21-15-5-1-3-13(9-15)19(27)29-11-17(25)23-7-8-24-18(26)12-30-20(28)14-4-2-6-16(22)10-14/h1-6,9-10H,7-8,11-12H2,(H,23,25)(H,24,26). The zero-order chi connectivity index (χ0) is 21.9. The van der Waals surface area contributed by atoms with E-state index in [2.05, 4.69) is 10.6 Å². The minimum atomic E-state index is -0.849. The van der Waals surface area contributed by atoms with E-state index in [0.717, 1.165) is 12.1 Å². The second-order valence-corrected chi connectivity index (χ2v) is 5.87. The van der Waals surface area contributed by atoms with Gasteiger partial charge in [0.25, 0.3) is 11.8 Å². The smallest absolute Gasteiger partial charge is 0.338 e. The lowest BCUT2D eigenvalue weighted by Gasteiger charge is -2.08. The molecule has 158 valence electrons. The van der Waals surface area contributed by atoms with Gasteiger partial charge in [0.1, 0.15) is 11.6 Å². The fourth-order valence-electron chi connectivity index (χ4n) is 2.17. The Morgan fingerprint density at radius 1 is 0.700 bits per heavy atom. The lowest BCUT2D eigenvalue weighted by molar-refractivity contribution is -0.125. The van der Waals surface area contributed by atoms with Crippen LogP contribution in [0.15, 0.2) is 48.5 Å². The lowest BCUT2D eigenvalue weighted by atomic mass is 10.2. The Labute approximate surface area is 170 Å². The molecule has 0 saturated carbocycles. The number of nitrogens with one attached hydrogen (secondary N) is 2. The van der Waals surface area contributed by atoms with Gasteiger partial charge in [0.05, 0.1) is 11.1 Å². The monoisotopic (exact) mass is 420 g/mol. The van der Waals surface area contributed by atoms with Crippen molar-refractivity contribution in [1.29, 1.82) is 0 Å². The van der Waals surface area contributed by atoms with Crippen LogP contribution >= 0.6 is 0 Å². The van der Waals surface area contributed by atoms with Crippen LogP contribution in [0.3, 0.4) is 0 Å². The van der Waals surface area contributed by atoms with Gasteiger partial charge in [-0.25, -0.2) is 18.4 Å². The number of carbonyl (C=O) groups excluding carboxylic acids is 4. The molecule has 0 fully saturated rings. The van der Waals surface area contributed by atoms with Crippen LogP contribution in [0, 0.1) is 11.6 Å². The molecule has 0 atom stereocenters. The highest BCUT2D eigenvalue weighted by Gasteiger charge is 2.12. The van der Waals surface area contributed by atoms with E-state index in [1.165, 1.54) is 36.4 Å². The molecule has 0 unspecified atom stereocenters. The van der Waals surface area contributed by atoms with Gasteiger partial charge in [-0.15, -0.1) is 0 Å². The SMILES string of the molecule is O=C(COC(=O)c1cccc(F)c1)NCCNC(=O)COC(=O)c1cccc(F)c1. The normalized spacial score (nSPS) is 10.1. The number of hydrogen-bond donors (Lipinski definition) is 2. The third kappa shape index (κ3) is 7.66. The number of halogens is 2. The molecule has 2 rings (SSSR count). The van der Waals surface area contributed by atoms with Crippen molar-refractivity contribution in [1.82, 2.24) is 10.6 Å². The molecule has 0 saturated heterocycles. The van der Waals surface area contributed by atoms with Crippen LogP contribution in [0.2, 0.25) is 0 Å². The fraction of sp³-hybridized carbons (Fsp3) is 0.200. The Bertz CT molecular complexity index is 860. The van der Waals surface area contributed by atoms with Crippen LogP contribution in [-0.2, 0) is 19.1 Å². The van der Waals surface area contributed by atoms with Gasteiger partial charge in [-0.2, -0.15) is 0 Å². The zero-order valence-electron chi connectivity index (χ0n) is 15.7. The van der Waals surface area contributed by atoms with Crippen LogP contribution in [0.1, 0.15) is 20.7 Å². The molecule has 2 aromatic carbocycles. The second-order valence-electron chi connectivity index (χ2n) is 5.87. The second kappa shape index (κ2) is 11.2. The Hall–Kier alpha value is -3.82. The van der Waals surface area contributed by atoms with Gasteiger partial charge in [-0.1, -0.05) is 12.1 Å². The maximum absolute atomic E-state index is 13.0. The van der Waals surface area contributed by atoms with E-state index in [-0.39, 0.29) is 24.2 Å². The summed E-state index contributed by atoms with van der Waals surface area (Å²) in [7, 11) is 0. The first kappa shape index (κ1) is 22.5. The van der Waals surface area contributed by atoms with E-state index in [4.69, 9.17) is 9.47 Å². The molecule has 0 aliphatic heterocycles. The van der Waals surface area contributed by atoms with E-state index in [0.29, 0.717) is 0 Å². The van der Waals surface area contributed by atoms with Crippen molar-refractivity contribution in [2.45, 2.75) is 0 Å². The number of hydrogen-bond acceptors (Lipinski definition) is 6. The van der Waals surface area contributed by atoms with Crippen LogP contribution in [-0.4, -0.2) is 50.1 Å². The summed E-state index contributed by atoms with van der Waals surface area (Å²) in [6.07, 6.45) is 0. The summed E-state index contributed by atoms with van der Waals surface area (Å²) in [5, 5.41) is 4.80. The third-order valence-corrected chi connectivity index (χ3v) is 3.56. The first-order chi connectivity index (χ1) is 14.3. The molecule has 8 nitrogen and oxygen atoms in total. The molecule has 0 bridgehead atoms. The third-order valence-electron chi connectivity index (χ3n) is 3.56. The summed E-state index contributed by atoms with van der Waals surface area (Å²) in [5.41, 5.74) is -0.0503. The number of rotatable bonds is 9. The molecule has 2 amide bonds. The van der Waals surface area contributed by atoms with Crippen LogP contribution < -0.4 is 10.6 Å².